The number of sulfonamides is 1. The Balaban J connectivity index is 1.86. The van der Waals surface area contributed by atoms with Crippen LogP contribution in [0.15, 0.2) is 47.4 Å². The zero-order chi connectivity index (χ0) is 24.2. The predicted octanol–water partition coefficient (Wildman–Crippen LogP) is 2.83. The van der Waals surface area contributed by atoms with Gasteiger partial charge in [0.25, 0.3) is 0 Å². The maximum Gasteiger partial charge on any atom is 0.337 e. The number of Topliss-reactive ketones (excluding diaryl/α,β-unsaturated/α-hetero) is 1. The molecule has 1 atom stereocenters. The Morgan fingerprint density at radius 3 is 2.21 bits per heavy atom. The lowest BCUT2D eigenvalue weighted by Gasteiger charge is -2.33. The van der Waals surface area contributed by atoms with E-state index in [2.05, 4.69) is 4.74 Å². The third-order valence-corrected chi connectivity index (χ3v) is 7.31. The SMILES string of the molecule is COC(=O)c1ccc(OC(=O)C2CCCCN2S(=O)(=O)c2ccc(C(C)=O)cc2)c(OC)c1. The van der Waals surface area contributed by atoms with E-state index in [0.29, 0.717) is 24.8 Å². The number of carbonyl (C=O) groups is 3. The number of carbonyl (C=O) groups excluding carboxylic acids is 3. The molecular weight excluding hydrogens is 450 g/mol. The molecule has 1 aliphatic rings. The second-order valence-corrected chi connectivity index (χ2v) is 9.38. The normalized spacial score (nSPS) is 16.6. The molecule has 1 unspecified atom stereocenters. The predicted molar refractivity (Wildman–Crippen MR) is 118 cm³/mol. The number of benzene rings is 2. The van der Waals surface area contributed by atoms with Crippen molar-refractivity contribution in [1.82, 2.24) is 4.31 Å². The number of rotatable bonds is 7. The highest BCUT2D eigenvalue weighted by atomic mass is 32.2. The molecule has 0 N–H and O–H groups in total. The van der Waals surface area contributed by atoms with E-state index >= 15 is 0 Å². The third kappa shape index (κ3) is 5.23. The molecule has 0 saturated carbocycles. The van der Waals surface area contributed by atoms with Crippen LogP contribution in [0, 0.1) is 0 Å². The van der Waals surface area contributed by atoms with Crippen molar-refractivity contribution < 1.29 is 37.0 Å². The van der Waals surface area contributed by atoms with E-state index in [-0.39, 0.29) is 34.3 Å². The van der Waals surface area contributed by atoms with Crippen molar-refractivity contribution in [3.63, 3.8) is 0 Å². The fraction of sp³-hybridized carbons (Fsp3) is 0.348. The van der Waals surface area contributed by atoms with Crippen molar-refractivity contribution in [1.29, 1.82) is 0 Å². The standard InChI is InChI=1S/C23H25NO8S/c1-15(25)16-7-10-18(11-8-16)33(28,29)24-13-5-4-6-19(24)23(27)32-20-12-9-17(22(26)31-3)14-21(20)30-2/h7-12,14,19H,4-6,13H2,1-3H3. The topological polar surface area (TPSA) is 116 Å². The molecule has 2 aromatic rings. The van der Waals surface area contributed by atoms with Crippen molar-refractivity contribution in [3.05, 3.63) is 53.6 Å². The van der Waals surface area contributed by atoms with E-state index in [9.17, 15) is 22.8 Å². The van der Waals surface area contributed by atoms with Crippen molar-refractivity contribution in [2.45, 2.75) is 37.1 Å². The van der Waals surface area contributed by atoms with Gasteiger partial charge in [-0.2, -0.15) is 4.31 Å². The lowest BCUT2D eigenvalue weighted by molar-refractivity contribution is -0.139. The molecule has 10 heteroatoms. The van der Waals surface area contributed by atoms with Gasteiger partial charge < -0.3 is 14.2 Å². The summed E-state index contributed by atoms with van der Waals surface area (Å²) in [6.45, 7) is 1.56. The van der Waals surface area contributed by atoms with Crippen LogP contribution in [0.3, 0.4) is 0 Å². The van der Waals surface area contributed by atoms with Crippen molar-refractivity contribution in [2.75, 3.05) is 20.8 Å². The summed E-state index contributed by atoms with van der Waals surface area (Å²) < 4.78 is 43.1. The number of ether oxygens (including phenoxy) is 3. The molecule has 9 nitrogen and oxygen atoms in total. The molecule has 1 aliphatic heterocycles. The largest absolute Gasteiger partial charge is 0.493 e. The zero-order valence-corrected chi connectivity index (χ0v) is 19.4. The lowest BCUT2D eigenvalue weighted by atomic mass is 10.1. The van der Waals surface area contributed by atoms with Gasteiger partial charge in [0.1, 0.15) is 6.04 Å². The van der Waals surface area contributed by atoms with Crippen LogP contribution in [-0.4, -0.2) is 57.3 Å². The summed E-state index contributed by atoms with van der Waals surface area (Å²) in [4.78, 5) is 36.2. The molecule has 1 saturated heterocycles. The summed E-state index contributed by atoms with van der Waals surface area (Å²) in [6, 6.07) is 8.77. The summed E-state index contributed by atoms with van der Waals surface area (Å²) in [6.07, 6.45) is 1.56. The molecule has 0 bridgehead atoms. The van der Waals surface area contributed by atoms with Gasteiger partial charge in [0.15, 0.2) is 17.3 Å². The summed E-state index contributed by atoms with van der Waals surface area (Å²) >= 11 is 0. The van der Waals surface area contributed by atoms with Crippen molar-refractivity contribution >= 4 is 27.7 Å². The quantitative estimate of drug-likeness (QED) is 0.341. The number of esters is 2. The van der Waals surface area contributed by atoms with Gasteiger partial charge in [-0.05, 0) is 56.5 Å². The van der Waals surface area contributed by atoms with E-state index in [1.54, 1.807) is 0 Å². The third-order valence-electron chi connectivity index (χ3n) is 5.39. The highest BCUT2D eigenvalue weighted by Gasteiger charge is 2.39. The Hall–Kier alpha value is -3.24. The molecule has 0 aromatic heterocycles. The summed E-state index contributed by atoms with van der Waals surface area (Å²) in [5.41, 5.74) is 0.607. The van der Waals surface area contributed by atoms with Crippen LogP contribution in [-0.2, 0) is 19.6 Å². The van der Waals surface area contributed by atoms with Crippen LogP contribution >= 0.6 is 0 Å². The Labute approximate surface area is 192 Å². The molecule has 2 aromatic carbocycles. The van der Waals surface area contributed by atoms with Crippen molar-refractivity contribution in [3.8, 4) is 11.5 Å². The van der Waals surface area contributed by atoms with Crippen LogP contribution in [0.1, 0.15) is 46.9 Å². The Morgan fingerprint density at radius 1 is 0.939 bits per heavy atom. The number of hydrogen-bond acceptors (Lipinski definition) is 8. The van der Waals surface area contributed by atoms with Gasteiger partial charge in [-0.1, -0.05) is 12.1 Å². The van der Waals surface area contributed by atoms with E-state index in [4.69, 9.17) is 9.47 Å². The second kappa shape index (κ2) is 10.1. The van der Waals surface area contributed by atoms with Crippen molar-refractivity contribution in [2.24, 2.45) is 0 Å². The molecular formula is C23H25NO8S. The smallest absolute Gasteiger partial charge is 0.337 e. The number of hydrogen-bond donors (Lipinski definition) is 0. The van der Waals surface area contributed by atoms with Gasteiger partial charge in [-0.3, -0.25) is 4.79 Å². The van der Waals surface area contributed by atoms with Crippen LogP contribution in [0.25, 0.3) is 0 Å². The summed E-state index contributed by atoms with van der Waals surface area (Å²) in [5, 5.41) is 0. The number of nitrogens with zero attached hydrogens (tertiary/aromatic N) is 1. The van der Waals surface area contributed by atoms with Crippen LogP contribution in [0.2, 0.25) is 0 Å². The Kier molecular flexibility index (Phi) is 7.50. The van der Waals surface area contributed by atoms with E-state index in [1.165, 1.54) is 63.6 Å². The highest BCUT2D eigenvalue weighted by Crippen LogP contribution is 2.31. The monoisotopic (exact) mass is 475 g/mol. The molecule has 0 amide bonds. The molecule has 176 valence electrons. The van der Waals surface area contributed by atoms with Crippen LogP contribution < -0.4 is 9.47 Å². The highest BCUT2D eigenvalue weighted by molar-refractivity contribution is 7.89. The minimum absolute atomic E-state index is 0.00721. The van der Waals surface area contributed by atoms with E-state index in [1.807, 2.05) is 0 Å². The summed E-state index contributed by atoms with van der Waals surface area (Å²) in [5.74, 6) is -1.31. The zero-order valence-electron chi connectivity index (χ0n) is 18.6. The maximum absolute atomic E-state index is 13.3. The summed E-state index contributed by atoms with van der Waals surface area (Å²) in [7, 11) is -1.40. The molecule has 1 fully saturated rings. The number of ketones is 1. The minimum atomic E-state index is -4.00. The van der Waals surface area contributed by atoms with Gasteiger partial charge >= 0.3 is 11.9 Å². The minimum Gasteiger partial charge on any atom is -0.493 e. The Morgan fingerprint density at radius 2 is 1.61 bits per heavy atom. The first kappa shape index (κ1) is 24.4. The van der Waals surface area contributed by atoms with E-state index in [0.717, 1.165) is 4.31 Å². The van der Waals surface area contributed by atoms with Gasteiger partial charge in [0.05, 0.1) is 24.7 Å². The fourth-order valence-electron chi connectivity index (χ4n) is 3.60. The molecule has 3 rings (SSSR count). The number of piperidine rings is 1. The molecule has 0 aliphatic carbocycles. The average molecular weight is 476 g/mol. The van der Waals surface area contributed by atoms with Gasteiger partial charge in [0.2, 0.25) is 10.0 Å². The van der Waals surface area contributed by atoms with Gasteiger partial charge in [0, 0.05) is 12.1 Å². The number of methoxy groups -OCH3 is 2. The van der Waals surface area contributed by atoms with Crippen LogP contribution in [0.5, 0.6) is 11.5 Å². The molecule has 33 heavy (non-hydrogen) atoms. The fourth-order valence-corrected chi connectivity index (χ4v) is 5.25. The first-order chi connectivity index (χ1) is 15.7. The molecule has 0 spiro atoms. The Bertz CT molecular complexity index is 1160. The molecule has 0 radical (unpaired) electrons. The van der Waals surface area contributed by atoms with E-state index < -0.39 is 28.0 Å². The van der Waals surface area contributed by atoms with Gasteiger partial charge in [-0.25, -0.2) is 18.0 Å². The lowest BCUT2D eigenvalue weighted by Crippen LogP contribution is -2.49. The first-order valence-corrected chi connectivity index (χ1v) is 11.7. The first-order valence-electron chi connectivity index (χ1n) is 10.3. The average Bonchev–Trinajstić information content (AvgIpc) is 2.83. The van der Waals surface area contributed by atoms with Crippen LogP contribution in [0.4, 0.5) is 0 Å². The molecule has 1 heterocycles. The second-order valence-electron chi connectivity index (χ2n) is 7.49. The van der Waals surface area contributed by atoms with Gasteiger partial charge in [-0.15, -0.1) is 0 Å². The maximum atomic E-state index is 13.3.